The van der Waals surface area contributed by atoms with Gasteiger partial charge in [-0.3, -0.25) is 4.79 Å². The minimum Gasteiger partial charge on any atom is -0.465 e. The number of rotatable bonds is 11. The van der Waals surface area contributed by atoms with E-state index in [0.717, 1.165) is 52.3 Å². The lowest BCUT2D eigenvalue weighted by Gasteiger charge is -2.44. The molecule has 0 saturated carbocycles. The largest absolute Gasteiger partial charge is 0.465 e. The van der Waals surface area contributed by atoms with E-state index in [1.807, 2.05) is 72.6 Å². The second kappa shape index (κ2) is 14.5. The van der Waals surface area contributed by atoms with Crippen molar-refractivity contribution in [3.63, 3.8) is 0 Å². The molecule has 236 valence electrons. The highest BCUT2D eigenvalue weighted by Gasteiger charge is 2.43. The summed E-state index contributed by atoms with van der Waals surface area (Å²) < 4.78 is 0. The van der Waals surface area contributed by atoms with Crippen LogP contribution in [0.3, 0.4) is 0 Å². The average Bonchev–Trinajstić information content (AvgIpc) is 3.06. The fourth-order valence-electron chi connectivity index (χ4n) is 6.85. The summed E-state index contributed by atoms with van der Waals surface area (Å²) in [5, 5.41) is 30.2. The van der Waals surface area contributed by atoms with Gasteiger partial charge >= 0.3 is 6.09 Å². The molecule has 45 heavy (non-hydrogen) atoms. The van der Waals surface area contributed by atoms with Crippen molar-refractivity contribution in [1.29, 1.82) is 0 Å². The Bertz CT molecular complexity index is 1680. The number of benzene rings is 4. The van der Waals surface area contributed by atoms with Gasteiger partial charge in [-0.05, 0) is 84.3 Å². The maximum absolute atomic E-state index is 14.2. The number of carbonyl (C=O) groups excluding carboxylic acids is 1. The molecular weight excluding hydrogens is 586 g/mol. The first-order valence-electron chi connectivity index (χ1n) is 15.8. The van der Waals surface area contributed by atoms with Crippen molar-refractivity contribution < 1.29 is 19.8 Å². The summed E-state index contributed by atoms with van der Waals surface area (Å²) in [6, 6.07) is 25.8. The van der Waals surface area contributed by atoms with Crippen molar-refractivity contribution >= 4 is 34.4 Å². The third-order valence-electron chi connectivity index (χ3n) is 9.11. The Kier molecular flexibility index (Phi) is 10.4. The normalized spacial score (nSPS) is 16.4. The second-order valence-electron chi connectivity index (χ2n) is 11.9. The zero-order valence-corrected chi connectivity index (χ0v) is 26.7. The molecule has 0 bridgehead atoms. The zero-order chi connectivity index (χ0) is 32.0. The minimum atomic E-state index is -1.36. The van der Waals surface area contributed by atoms with E-state index in [1.165, 1.54) is 0 Å². The van der Waals surface area contributed by atoms with Crippen LogP contribution < -0.4 is 10.6 Å². The number of piperidine rings is 1. The number of nitrogens with zero attached hydrogens (tertiary/aromatic N) is 1. The van der Waals surface area contributed by atoms with Gasteiger partial charge in [0.05, 0.1) is 5.60 Å². The second-order valence-corrected chi connectivity index (χ2v) is 12.3. The molecule has 4 aromatic carbocycles. The number of nitrogens with one attached hydrogen (secondary N) is 2. The molecule has 8 heteroatoms. The topological polar surface area (TPSA) is 102 Å². The molecule has 1 aliphatic rings. The fourth-order valence-corrected chi connectivity index (χ4v) is 7.13. The maximum Gasteiger partial charge on any atom is 0.404 e. The molecule has 1 fully saturated rings. The number of fused-ring (bicyclic) bond motifs is 1. The molecule has 1 heterocycles. The van der Waals surface area contributed by atoms with Crippen LogP contribution in [0.2, 0.25) is 5.02 Å². The van der Waals surface area contributed by atoms with Crippen molar-refractivity contribution in [1.82, 2.24) is 15.5 Å². The van der Waals surface area contributed by atoms with E-state index in [-0.39, 0.29) is 18.4 Å². The lowest BCUT2D eigenvalue weighted by molar-refractivity contribution is -0.0562. The lowest BCUT2D eigenvalue weighted by Crippen LogP contribution is -2.48. The molecule has 7 nitrogen and oxygen atoms in total. The number of halogens is 1. The molecule has 1 aliphatic heterocycles. The average molecular weight is 628 g/mol. The summed E-state index contributed by atoms with van der Waals surface area (Å²) >= 11 is 6.89. The lowest BCUT2D eigenvalue weighted by atomic mass is 9.72. The van der Waals surface area contributed by atoms with Gasteiger partial charge < -0.3 is 25.7 Å². The van der Waals surface area contributed by atoms with Gasteiger partial charge in [-0.2, -0.15) is 0 Å². The highest BCUT2D eigenvalue weighted by atomic mass is 35.5. The van der Waals surface area contributed by atoms with Gasteiger partial charge in [-0.1, -0.05) is 85.3 Å². The van der Waals surface area contributed by atoms with Crippen LogP contribution >= 0.6 is 11.6 Å². The quantitative estimate of drug-likeness (QED) is 0.131. The van der Waals surface area contributed by atoms with Gasteiger partial charge in [-0.15, -0.1) is 0 Å². The Balaban J connectivity index is 1.53. The highest BCUT2D eigenvalue weighted by Crippen LogP contribution is 2.46. The van der Waals surface area contributed by atoms with Crippen molar-refractivity contribution in [2.75, 3.05) is 26.7 Å². The van der Waals surface area contributed by atoms with Crippen LogP contribution in [0.5, 0.6) is 0 Å². The van der Waals surface area contributed by atoms with Crippen molar-refractivity contribution in [3.8, 4) is 11.1 Å². The molecule has 2 unspecified atom stereocenters. The molecule has 2 amide bonds. The van der Waals surface area contributed by atoms with Crippen molar-refractivity contribution in [2.24, 2.45) is 5.92 Å². The van der Waals surface area contributed by atoms with E-state index in [9.17, 15) is 19.8 Å². The Morgan fingerprint density at radius 2 is 1.80 bits per heavy atom. The molecule has 0 aliphatic carbocycles. The van der Waals surface area contributed by atoms with Crippen LogP contribution in [0, 0.1) is 5.92 Å². The Morgan fingerprint density at radius 1 is 1.02 bits per heavy atom. The predicted molar refractivity (Wildman–Crippen MR) is 181 cm³/mol. The maximum atomic E-state index is 14.2. The molecule has 0 aromatic heterocycles. The number of likely N-dealkylation sites (tertiary alicyclic amines) is 1. The van der Waals surface area contributed by atoms with E-state index < -0.39 is 11.7 Å². The van der Waals surface area contributed by atoms with Gasteiger partial charge in [0, 0.05) is 48.2 Å². The standard InChI is InChI=1S/C37H42ClN3O4/c1-3-25-10-6-11-26(22-25)34-32(15-7-16-33(34)38)37(45,19-9-20-40-36(43)44)28-12-8-21-41(24-28)35(42)31-18-17-27(23-39-2)29-13-4-5-14-30(29)31/h4-7,10-11,13-18,22,28,39-40,45H,3,8-9,12,19-21,23-24H2,1-2H3,(H,43,44). The van der Waals surface area contributed by atoms with Crippen LogP contribution in [0.15, 0.2) is 78.9 Å². The van der Waals surface area contributed by atoms with E-state index in [4.69, 9.17) is 11.6 Å². The summed E-state index contributed by atoms with van der Waals surface area (Å²) in [4.78, 5) is 27.2. The molecule has 4 aromatic rings. The monoisotopic (exact) mass is 627 g/mol. The summed E-state index contributed by atoms with van der Waals surface area (Å²) in [6.07, 6.45) is 1.95. The molecule has 5 rings (SSSR count). The number of carboxylic acid groups (broad SMARTS) is 1. The van der Waals surface area contributed by atoms with E-state index in [2.05, 4.69) is 35.8 Å². The fraction of sp³-hybridized carbons (Fsp3) is 0.351. The number of hydrogen-bond donors (Lipinski definition) is 4. The van der Waals surface area contributed by atoms with E-state index >= 15 is 0 Å². The Hall–Kier alpha value is -3.91. The van der Waals surface area contributed by atoms with Crippen molar-refractivity contribution in [2.45, 2.75) is 51.2 Å². The number of aryl methyl sites for hydroxylation is 1. The first-order valence-corrected chi connectivity index (χ1v) is 16.2. The summed E-state index contributed by atoms with van der Waals surface area (Å²) in [6.45, 7) is 3.98. The summed E-state index contributed by atoms with van der Waals surface area (Å²) in [5.74, 6) is -0.342. The van der Waals surface area contributed by atoms with Gasteiger partial charge in [0.15, 0.2) is 0 Å². The molecule has 1 saturated heterocycles. The Labute approximate surface area is 270 Å². The number of aliphatic hydroxyl groups is 1. The minimum absolute atomic E-state index is 0.0521. The van der Waals surface area contributed by atoms with E-state index in [1.54, 1.807) is 0 Å². The third kappa shape index (κ3) is 7.01. The van der Waals surface area contributed by atoms with Crippen LogP contribution in [0.1, 0.15) is 59.7 Å². The Morgan fingerprint density at radius 3 is 2.56 bits per heavy atom. The highest BCUT2D eigenvalue weighted by molar-refractivity contribution is 6.33. The van der Waals surface area contributed by atoms with Gasteiger partial charge in [0.2, 0.25) is 0 Å². The van der Waals surface area contributed by atoms with Gasteiger partial charge in [0.1, 0.15) is 0 Å². The first-order chi connectivity index (χ1) is 21.8. The molecule has 0 radical (unpaired) electrons. The molecule has 2 atom stereocenters. The first kappa shape index (κ1) is 32.5. The van der Waals surface area contributed by atoms with Crippen LogP contribution in [0.4, 0.5) is 4.79 Å². The van der Waals surface area contributed by atoms with E-state index in [0.29, 0.717) is 48.6 Å². The number of amides is 2. The van der Waals surface area contributed by atoms with Crippen LogP contribution in [-0.4, -0.2) is 53.8 Å². The molecular formula is C37H42ClN3O4. The third-order valence-corrected chi connectivity index (χ3v) is 9.43. The van der Waals surface area contributed by atoms with Crippen LogP contribution in [-0.2, 0) is 18.6 Å². The molecule has 4 N–H and O–H groups in total. The summed E-state index contributed by atoms with van der Waals surface area (Å²) in [7, 11) is 1.91. The smallest absolute Gasteiger partial charge is 0.404 e. The van der Waals surface area contributed by atoms with Gasteiger partial charge in [-0.25, -0.2) is 4.79 Å². The summed E-state index contributed by atoms with van der Waals surface area (Å²) in [5.41, 5.74) is 3.99. The van der Waals surface area contributed by atoms with Gasteiger partial charge in [0.25, 0.3) is 5.91 Å². The van der Waals surface area contributed by atoms with Crippen LogP contribution in [0.25, 0.3) is 21.9 Å². The number of hydrogen-bond acceptors (Lipinski definition) is 4. The zero-order valence-electron chi connectivity index (χ0n) is 26.0. The molecule has 0 spiro atoms. The SMILES string of the molecule is CCc1cccc(-c2c(Cl)cccc2C(O)(CCCNC(=O)O)C2CCCN(C(=O)c3ccc(CNC)c4ccccc34)C2)c1. The number of carbonyl (C=O) groups is 2. The van der Waals surface area contributed by atoms with Crippen molar-refractivity contribution in [3.05, 3.63) is 106 Å². The predicted octanol–water partition coefficient (Wildman–Crippen LogP) is 7.23.